The number of nitrogens with zero attached hydrogens (tertiary/aromatic N) is 4. The van der Waals surface area contributed by atoms with Crippen LogP contribution in [-0.2, 0) is 0 Å². The highest BCUT2D eigenvalue weighted by Gasteiger charge is 2.26. The second-order valence-electron chi connectivity index (χ2n) is 2.63. The van der Waals surface area contributed by atoms with E-state index in [0.717, 1.165) is 0 Å². The maximum Gasteiger partial charge on any atom is 0.176 e. The Morgan fingerprint density at radius 2 is 2.64 bits per heavy atom. The lowest BCUT2D eigenvalue weighted by Gasteiger charge is -1.99. The summed E-state index contributed by atoms with van der Waals surface area (Å²) in [6.45, 7) is 2.01. The predicted molar refractivity (Wildman–Crippen MR) is 37.7 cm³/mol. The van der Waals surface area contributed by atoms with Gasteiger partial charge in [0.25, 0.3) is 0 Å². The van der Waals surface area contributed by atoms with Crippen molar-refractivity contribution in [2.75, 3.05) is 0 Å². The highest BCUT2D eigenvalue weighted by Crippen LogP contribution is 2.22. The van der Waals surface area contributed by atoms with Gasteiger partial charge >= 0.3 is 0 Å². The molecule has 0 radical (unpaired) electrons. The summed E-state index contributed by atoms with van der Waals surface area (Å²) in [7, 11) is 0. The molecule has 0 saturated carbocycles. The van der Waals surface area contributed by atoms with Gasteiger partial charge in [0.1, 0.15) is 12.0 Å². The molecule has 0 aliphatic carbocycles. The Morgan fingerprint density at radius 3 is 3.36 bits per heavy atom. The molecule has 1 N–H and O–H groups in total. The lowest BCUT2D eigenvalue weighted by molar-refractivity contribution is 0.318. The molecule has 0 bridgehead atoms. The Labute approximate surface area is 63.4 Å². The van der Waals surface area contributed by atoms with Crippen LogP contribution in [0.15, 0.2) is 11.5 Å². The topological polar surface area (TPSA) is 63.3 Å². The first kappa shape index (κ1) is 6.33. The standard InChI is InChI=1S/C6H8N4O/c1-4-2-5(9-11)6-7-3-8-10(4)6/h3-4,11H,2H2,1H3/b9-5+. The normalized spacial score (nSPS) is 25.9. The van der Waals surface area contributed by atoms with Crippen molar-refractivity contribution in [2.45, 2.75) is 19.4 Å². The third-order valence-corrected chi connectivity index (χ3v) is 1.86. The summed E-state index contributed by atoms with van der Waals surface area (Å²) in [5, 5.41) is 15.7. The summed E-state index contributed by atoms with van der Waals surface area (Å²) < 4.78 is 1.76. The zero-order chi connectivity index (χ0) is 7.84. The first-order valence-electron chi connectivity index (χ1n) is 3.43. The van der Waals surface area contributed by atoms with Crippen LogP contribution in [0.5, 0.6) is 0 Å². The van der Waals surface area contributed by atoms with Crippen LogP contribution in [0.1, 0.15) is 25.2 Å². The van der Waals surface area contributed by atoms with Crippen LogP contribution in [0, 0.1) is 0 Å². The van der Waals surface area contributed by atoms with Crippen LogP contribution in [-0.4, -0.2) is 25.7 Å². The van der Waals surface area contributed by atoms with E-state index in [1.54, 1.807) is 4.68 Å². The Kier molecular flexibility index (Phi) is 1.18. The fourth-order valence-corrected chi connectivity index (χ4v) is 1.32. The smallest absolute Gasteiger partial charge is 0.176 e. The number of rotatable bonds is 0. The number of fused-ring (bicyclic) bond motifs is 1. The van der Waals surface area contributed by atoms with Crippen molar-refractivity contribution in [1.82, 2.24) is 14.8 Å². The molecule has 0 fully saturated rings. The fraction of sp³-hybridized carbons (Fsp3) is 0.500. The molecular weight excluding hydrogens is 144 g/mol. The maximum absolute atomic E-state index is 8.56. The van der Waals surface area contributed by atoms with Gasteiger partial charge < -0.3 is 5.21 Å². The second-order valence-corrected chi connectivity index (χ2v) is 2.63. The number of aromatic nitrogens is 3. The molecule has 1 atom stereocenters. The Bertz CT molecular complexity index is 303. The third kappa shape index (κ3) is 0.736. The molecule has 2 heterocycles. The predicted octanol–water partition coefficient (Wildman–Crippen LogP) is 0.421. The largest absolute Gasteiger partial charge is 0.411 e. The first-order valence-corrected chi connectivity index (χ1v) is 3.43. The Hall–Kier alpha value is -1.39. The van der Waals surface area contributed by atoms with E-state index >= 15 is 0 Å². The van der Waals surface area contributed by atoms with Gasteiger partial charge in [-0.15, -0.1) is 0 Å². The number of oxime groups is 1. The molecule has 2 rings (SSSR count). The van der Waals surface area contributed by atoms with Crippen molar-refractivity contribution < 1.29 is 5.21 Å². The summed E-state index contributed by atoms with van der Waals surface area (Å²) in [5.74, 6) is 0.681. The van der Waals surface area contributed by atoms with Crippen molar-refractivity contribution in [3.05, 3.63) is 12.2 Å². The van der Waals surface area contributed by atoms with Crippen molar-refractivity contribution in [3.63, 3.8) is 0 Å². The van der Waals surface area contributed by atoms with E-state index in [1.165, 1.54) is 6.33 Å². The van der Waals surface area contributed by atoms with E-state index in [2.05, 4.69) is 15.2 Å². The van der Waals surface area contributed by atoms with Gasteiger partial charge in [-0.3, -0.25) is 0 Å². The average molecular weight is 152 g/mol. The Morgan fingerprint density at radius 1 is 1.82 bits per heavy atom. The molecule has 1 unspecified atom stereocenters. The van der Waals surface area contributed by atoms with E-state index in [-0.39, 0.29) is 6.04 Å². The molecule has 0 saturated heterocycles. The molecule has 58 valence electrons. The number of hydrogen-bond donors (Lipinski definition) is 1. The van der Waals surface area contributed by atoms with E-state index in [1.807, 2.05) is 6.92 Å². The maximum atomic E-state index is 8.56. The molecule has 1 aliphatic heterocycles. The van der Waals surface area contributed by atoms with Gasteiger partial charge in [-0.25, -0.2) is 9.67 Å². The minimum Gasteiger partial charge on any atom is -0.411 e. The van der Waals surface area contributed by atoms with Crippen molar-refractivity contribution in [3.8, 4) is 0 Å². The van der Waals surface area contributed by atoms with Crippen LogP contribution >= 0.6 is 0 Å². The second kappa shape index (κ2) is 2.05. The Balaban J connectivity index is 2.54. The zero-order valence-corrected chi connectivity index (χ0v) is 6.10. The van der Waals surface area contributed by atoms with Crippen molar-refractivity contribution >= 4 is 5.71 Å². The van der Waals surface area contributed by atoms with Crippen molar-refractivity contribution in [2.24, 2.45) is 5.16 Å². The summed E-state index contributed by atoms with van der Waals surface area (Å²) in [5.41, 5.74) is 0.620. The van der Waals surface area contributed by atoms with Gasteiger partial charge in [-0.2, -0.15) is 5.10 Å². The van der Waals surface area contributed by atoms with E-state index < -0.39 is 0 Å². The van der Waals surface area contributed by atoms with Crippen LogP contribution < -0.4 is 0 Å². The summed E-state index contributed by atoms with van der Waals surface area (Å²) in [6, 6.07) is 0.262. The van der Waals surface area contributed by atoms with Gasteiger partial charge in [0, 0.05) is 6.42 Å². The van der Waals surface area contributed by atoms with Crippen LogP contribution in [0.3, 0.4) is 0 Å². The highest BCUT2D eigenvalue weighted by atomic mass is 16.4. The van der Waals surface area contributed by atoms with Gasteiger partial charge in [0.15, 0.2) is 5.82 Å². The summed E-state index contributed by atoms with van der Waals surface area (Å²) in [4.78, 5) is 3.96. The fourth-order valence-electron chi connectivity index (χ4n) is 1.32. The minimum atomic E-state index is 0.262. The molecule has 1 aliphatic rings. The van der Waals surface area contributed by atoms with Gasteiger partial charge in [0.05, 0.1) is 6.04 Å². The average Bonchev–Trinajstić information content (AvgIpc) is 2.54. The monoisotopic (exact) mass is 152 g/mol. The van der Waals surface area contributed by atoms with E-state index in [9.17, 15) is 0 Å². The summed E-state index contributed by atoms with van der Waals surface area (Å²) in [6.07, 6.45) is 2.18. The lowest BCUT2D eigenvalue weighted by atomic mass is 10.2. The molecule has 11 heavy (non-hydrogen) atoms. The van der Waals surface area contributed by atoms with E-state index in [4.69, 9.17) is 5.21 Å². The molecule has 0 aromatic carbocycles. The van der Waals surface area contributed by atoms with Crippen LogP contribution in [0.2, 0.25) is 0 Å². The number of hydrogen-bond acceptors (Lipinski definition) is 4. The SMILES string of the molecule is CC1C/C(=N\O)c2ncnn21. The van der Waals surface area contributed by atoms with Crippen molar-refractivity contribution in [1.29, 1.82) is 0 Å². The molecule has 5 nitrogen and oxygen atoms in total. The summed E-state index contributed by atoms with van der Waals surface area (Å²) >= 11 is 0. The first-order chi connectivity index (χ1) is 5.33. The molecule has 0 spiro atoms. The van der Waals surface area contributed by atoms with Crippen LogP contribution in [0.25, 0.3) is 0 Å². The van der Waals surface area contributed by atoms with Gasteiger partial charge in [-0.1, -0.05) is 5.16 Å². The zero-order valence-electron chi connectivity index (χ0n) is 6.10. The third-order valence-electron chi connectivity index (χ3n) is 1.86. The van der Waals surface area contributed by atoms with Crippen LogP contribution in [0.4, 0.5) is 0 Å². The molecule has 1 aromatic rings. The molecular formula is C6H8N4O. The molecule has 0 amide bonds. The minimum absolute atomic E-state index is 0.262. The highest BCUT2D eigenvalue weighted by molar-refractivity contribution is 5.99. The molecule has 1 aromatic heterocycles. The lowest BCUT2D eigenvalue weighted by Crippen LogP contribution is -2.00. The van der Waals surface area contributed by atoms with Gasteiger partial charge in [-0.05, 0) is 6.92 Å². The quantitative estimate of drug-likeness (QED) is 0.433. The van der Waals surface area contributed by atoms with E-state index in [0.29, 0.717) is 18.0 Å². The van der Waals surface area contributed by atoms with Gasteiger partial charge in [0.2, 0.25) is 0 Å². The molecule has 5 heteroatoms.